The van der Waals surface area contributed by atoms with Crippen LogP contribution in [-0.2, 0) is 14.3 Å². The lowest BCUT2D eigenvalue weighted by Crippen LogP contribution is -2.49. The number of nitrogens with one attached hydrogen (secondary N) is 1. The smallest absolute Gasteiger partial charge is 0.336 e. The predicted octanol–water partition coefficient (Wildman–Crippen LogP) is 0.231. The van der Waals surface area contributed by atoms with E-state index < -0.39 is 12.1 Å². The molecule has 20 heavy (non-hydrogen) atoms. The van der Waals surface area contributed by atoms with Gasteiger partial charge < -0.3 is 19.4 Å². The largest absolute Gasteiger partial charge is 0.467 e. The molecule has 1 aliphatic rings. The van der Waals surface area contributed by atoms with Gasteiger partial charge in [-0.1, -0.05) is 0 Å². The van der Waals surface area contributed by atoms with Gasteiger partial charge in [-0.3, -0.25) is 9.59 Å². The van der Waals surface area contributed by atoms with Crippen LogP contribution in [0.1, 0.15) is 27.8 Å². The van der Waals surface area contributed by atoms with Gasteiger partial charge in [-0.2, -0.15) is 0 Å². The third-order valence-electron chi connectivity index (χ3n) is 3.14. The highest BCUT2D eigenvalue weighted by atomic mass is 16.6. The average Bonchev–Trinajstić information content (AvgIpc) is 2.95. The zero-order valence-corrected chi connectivity index (χ0v) is 11.3. The zero-order valence-electron chi connectivity index (χ0n) is 11.3. The van der Waals surface area contributed by atoms with Gasteiger partial charge in [0.25, 0.3) is 5.91 Å². The number of hydrogen-bond acceptors (Lipinski definition) is 5. The van der Waals surface area contributed by atoms with Crippen LogP contribution >= 0.6 is 0 Å². The van der Waals surface area contributed by atoms with E-state index in [1.165, 1.54) is 31.2 Å². The number of carbonyl (C=O) groups is 3. The number of ketones is 1. The first-order chi connectivity index (χ1) is 9.52. The Morgan fingerprint density at radius 2 is 2.20 bits per heavy atom. The van der Waals surface area contributed by atoms with E-state index in [2.05, 4.69) is 9.72 Å². The summed E-state index contributed by atoms with van der Waals surface area (Å²) < 4.78 is 9.86. The molecule has 1 atom stereocenters. The number of H-pyrrole nitrogens is 1. The molecule has 0 aliphatic carbocycles. The normalized spacial score (nSPS) is 18.7. The average molecular weight is 280 g/mol. The maximum absolute atomic E-state index is 12.3. The second-order valence-corrected chi connectivity index (χ2v) is 4.49. The monoisotopic (exact) mass is 280 g/mol. The molecule has 7 nitrogen and oxygen atoms in total. The number of esters is 1. The van der Waals surface area contributed by atoms with E-state index in [4.69, 9.17) is 4.74 Å². The lowest BCUT2D eigenvalue weighted by Gasteiger charge is -2.31. The SMILES string of the molecule is COC(=O)C1CN(C(=O)c2cc(C(C)=O)c[nH]2)CCO1. The second-order valence-electron chi connectivity index (χ2n) is 4.49. The molecule has 0 radical (unpaired) electrons. The standard InChI is InChI=1S/C13H16N2O5/c1-8(16)9-5-10(14-6-9)12(17)15-3-4-20-11(7-15)13(18)19-2/h5-6,11,14H,3-4,7H2,1-2H3. The molecule has 1 N–H and O–H groups in total. The van der Waals surface area contributed by atoms with E-state index in [1.807, 2.05) is 0 Å². The number of Topliss-reactive ketones (excluding diaryl/α,β-unsaturated/α-hetero) is 1. The Kier molecular flexibility index (Phi) is 4.19. The third-order valence-corrected chi connectivity index (χ3v) is 3.14. The predicted molar refractivity (Wildman–Crippen MR) is 68.5 cm³/mol. The number of aromatic nitrogens is 1. The summed E-state index contributed by atoms with van der Waals surface area (Å²) in [6, 6.07) is 1.51. The van der Waals surface area contributed by atoms with Crippen LogP contribution in [0, 0.1) is 0 Å². The maximum atomic E-state index is 12.3. The fourth-order valence-corrected chi connectivity index (χ4v) is 2.00. The molecule has 0 spiro atoms. The van der Waals surface area contributed by atoms with Crippen LogP contribution < -0.4 is 0 Å². The highest BCUT2D eigenvalue weighted by Crippen LogP contribution is 2.12. The number of aromatic amines is 1. The summed E-state index contributed by atoms with van der Waals surface area (Å²) in [5.74, 6) is -0.886. The molecule has 0 saturated carbocycles. The van der Waals surface area contributed by atoms with Gasteiger partial charge in [-0.15, -0.1) is 0 Å². The lowest BCUT2D eigenvalue weighted by molar-refractivity contribution is -0.158. The molecule has 1 aromatic heterocycles. The number of rotatable bonds is 3. The molecule has 1 saturated heterocycles. The molecule has 0 bridgehead atoms. The van der Waals surface area contributed by atoms with Crippen molar-refractivity contribution in [2.24, 2.45) is 0 Å². The Labute approximate surface area is 115 Å². The Bertz CT molecular complexity index is 537. The van der Waals surface area contributed by atoms with Crippen LogP contribution in [0.25, 0.3) is 0 Å². The molecule has 2 rings (SSSR count). The van der Waals surface area contributed by atoms with Crippen molar-refractivity contribution in [2.75, 3.05) is 26.8 Å². The van der Waals surface area contributed by atoms with Gasteiger partial charge in [0.1, 0.15) is 5.69 Å². The minimum atomic E-state index is -0.764. The van der Waals surface area contributed by atoms with Crippen molar-refractivity contribution in [1.82, 2.24) is 9.88 Å². The van der Waals surface area contributed by atoms with E-state index in [0.717, 1.165) is 0 Å². The summed E-state index contributed by atoms with van der Waals surface area (Å²) in [4.78, 5) is 39.2. The van der Waals surface area contributed by atoms with Crippen LogP contribution in [0.5, 0.6) is 0 Å². The van der Waals surface area contributed by atoms with Crippen LogP contribution in [-0.4, -0.2) is 60.5 Å². The number of ether oxygens (including phenoxy) is 2. The minimum Gasteiger partial charge on any atom is -0.467 e. The summed E-state index contributed by atoms with van der Waals surface area (Å²) in [5, 5.41) is 0. The molecule has 1 aromatic rings. The first-order valence-corrected chi connectivity index (χ1v) is 6.21. The van der Waals surface area contributed by atoms with Crippen LogP contribution in [0.3, 0.4) is 0 Å². The summed E-state index contributed by atoms with van der Waals surface area (Å²) in [7, 11) is 1.27. The van der Waals surface area contributed by atoms with Gasteiger partial charge in [0, 0.05) is 18.3 Å². The van der Waals surface area contributed by atoms with Crippen LogP contribution in [0.4, 0.5) is 0 Å². The summed E-state index contributed by atoms with van der Waals surface area (Å²) in [6.07, 6.45) is 0.730. The van der Waals surface area contributed by atoms with Crippen molar-refractivity contribution in [1.29, 1.82) is 0 Å². The number of morpholine rings is 1. The van der Waals surface area contributed by atoms with Gasteiger partial charge >= 0.3 is 5.97 Å². The highest BCUT2D eigenvalue weighted by Gasteiger charge is 2.30. The van der Waals surface area contributed by atoms with E-state index in [0.29, 0.717) is 17.8 Å². The van der Waals surface area contributed by atoms with Crippen molar-refractivity contribution in [2.45, 2.75) is 13.0 Å². The fraction of sp³-hybridized carbons (Fsp3) is 0.462. The van der Waals surface area contributed by atoms with Crippen LogP contribution in [0.2, 0.25) is 0 Å². The number of amides is 1. The van der Waals surface area contributed by atoms with Gasteiger partial charge in [0.2, 0.25) is 0 Å². The highest BCUT2D eigenvalue weighted by molar-refractivity contribution is 5.99. The lowest BCUT2D eigenvalue weighted by atomic mass is 10.2. The number of carbonyl (C=O) groups excluding carboxylic acids is 3. The Hall–Kier alpha value is -2.15. The number of methoxy groups -OCH3 is 1. The van der Waals surface area contributed by atoms with Gasteiger partial charge in [0.05, 0.1) is 20.3 Å². The number of nitrogens with zero attached hydrogens (tertiary/aromatic N) is 1. The zero-order chi connectivity index (χ0) is 14.7. The van der Waals surface area contributed by atoms with Crippen LogP contribution in [0.15, 0.2) is 12.3 Å². The molecule has 1 unspecified atom stereocenters. The molecular weight excluding hydrogens is 264 g/mol. The van der Waals surface area contributed by atoms with E-state index >= 15 is 0 Å². The van der Waals surface area contributed by atoms with Gasteiger partial charge in [-0.25, -0.2) is 4.79 Å². The van der Waals surface area contributed by atoms with Crippen molar-refractivity contribution in [3.05, 3.63) is 23.5 Å². The maximum Gasteiger partial charge on any atom is 0.336 e. The molecule has 1 aliphatic heterocycles. The Morgan fingerprint density at radius 1 is 1.45 bits per heavy atom. The second kappa shape index (κ2) is 5.87. The Balaban J connectivity index is 2.08. The van der Waals surface area contributed by atoms with Crippen molar-refractivity contribution >= 4 is 17.7 Å². The summed E-state index contributed by atoms with van der Waals surface area (Å²) >= 11 is 0. The van der Waals surface area contributed by atoms with E-state index in [1.54, 1.807) is 0 Å². The molecule has 7 heteroatoms. The quantitative estimate of drug-likeness (QED) is 0.632. The molecule has 1 fully saturated rings. The van der Waals surface area contributed by atoms with Gasteiger partial charge in [0.15, 0.2) is 11.9 Å². The van der Waals surface area contributed by atoms with Crippen molar-refractivity contribution in [3.63, 3.8) is 0 Å². The molecule has 0 aromatic carbocycles. The first-order valence-electron chi connectivity index (χ1n) is 6.21. The van der Waals surface area contributed by atoms with Crippen molar-refractivity contribution in [3.8, 4) is 0 Å². The van der Waals surface area contributed by atoms with Crippen molar-refractivity contribution < 1.29 is 23.9 Å². The molecule has 1 amide bonds. The molecule has 108 valence electrons. The van der Waals surface area contributed by atoms with E-state index in [9.17, 15) is 14.4 Å². The summed E-state index contributed by atoms with van der Waals surface area (Å²) in [6.45, 7) is 2.23. The number of hydrogen-bond donors (Lipinski definition) is 1. The first kappa shape index (κ1) is 14.3. The Morgan fingerprint density at radius 3 is 2.80 bits per heavy atom. The molecule has 2 heterocycles. The fourth-order valence-electron chi connectivity index (χ4n) is 2.00. The summed E-state index contributed by atoms with van der Waals surface area (Å²) in [5.41, 5.74) is 0.770. The molecular formula is C13H16N2O5. The third kappa shape index (κ3) is 2.88. The van der Waals surface area contributed by atoms with E-state index in [-0.39, 0.29) is 24.8 Å². The van der Waals surface area contributed by atoms with Gasteiger partial charge in [-0.05, 0) is 13.0 Å². The topological polar surface area (TPSA) is 88.7 Å². The minimum absolute atomic E-state index is 0.116.